The number of aliphatic carboxylic acids is 1. The average Bonchev–Trinajstić information content (AvgIpc) is 2.64. The van der Waals surface area contributed by atoms with E-state index in [4.69, 9.17) is 5.11 Å². The van der Waals surface area contributed by atoms with Crippen LogP contribution < -0.4 is 0 Å². The fraction of sp³-hybridized carbons (Fsp3) is 0.692. The van der Waals surface area contributed by atoms with Crippen LogP contribution in [0.25, 0.3) is 0 Å². The van der Waals surface area contributed by atoms with Gasteiger partial charge in [0.25, 0.3) is 0 Å². The van der Waals surface area contributed by atoms with Crippen LogP contribution in [0.3, 0.4) is 0 Å². The molecule has 0 heterocycles. The molecule has 0 aromatic carbocycles. The lowest BCUT2D eigenvalue weighted by Crippen LogP contribution is -2.12. The molecule has 0 bridgehead atoms. The monoisotopic (exact) mass is 274 g/mol. The average molecular weight is 274 g/mol. The lowest BCUT2D eigenvalue weighted by Gasteiger charge is -2.14. The Bertz CT molecular complexity index is 407. The molecule has 2 atom stereocenters. The van der Waals surface area contributed by atoms with Crippen molar-refractivity contribution in [1.82, 2.24) is 0 Å². The topological polar surface area (TPSA) is 54.4 Å². The fourth-order valence-electron chi connectivity index (χ4n) is 2.01. The Morgan fingerprint density at radius 2 is 1.83 bits per heavy atom. The van der Waals surface area contributed by atoms with E-state index in [9.17, 15) is 14.0 Å². The summed E-state index contributed by atoms with van der Waals surface area (Å²) >= 11 is 0.915. The number of rotatable bonds is 3. The van der Waals surface area contributed by atoms with E-state index in [1.165, 1.54) is 6.08 Å². The van der Waals surface area contributed by atoms with Gasteiger partial charge < -0.3 is 5.11 Å². The lowest BCUT2D eigenvalue weighted by atomic mass is 10.1. The van der Waals surface area contributed by atoms with Crippen LogP contribution in [0, 0.1) is 17.3 Å². The molecule has 0 aliphatic heterocycles. The minimum atomic E-state index is -0.940. The zero-order valence-electron chi connectivity index (χ0n) is 11.3. The summed E-state index contributed by atoms with van der Waals surface area (Å²) < 4.78 is 13.3. The van der Waals surface area contributed by atoms with Gasteiger partial charge in [-0.25, -0.2) is 4.39 Å². The van der Waals surface area contributed by atoms with E-state index in [1.54, 1.807) is 13.8 Å². The third-order valence-electron chi connectivity index (χ3n) is 3.10. The molecule has 3 nitrogen and oxygen atoms in total. The second kappa shape index (κ2) is 4.68. The molecule has 1 N–H and O–H groups in total. The van der Waals surface area contributed by atoms with Gasteiger partial charge in [-0.05, 0) is 17.4 Å². The summed E-state index contributed by atoms with van der Waals surface area (Å²) in [6.07, 6.45) is 1.17. The summed E-state index contributed by atoms with van der Waals surface area (Å²) in [6, 6.07) is 0. The van der Waals surface area contributed by atoms with E-state index >= 15 is 0 Å². The molecule has 102 valence electrons. The molecule has 1 saturated carbocycles. The zero-order chi connectivity index (χ0) is 14.3. The molecule has 0 spiro atoms. The second-order valence-electron chi connectivity index (χ2n) is 6.18. The van der Waals surface area contributed by atoms with Gasteiger partial charge in [-0.3, -0.25) is 9.59 Å². The predicted molar refractivity (Wildman–Crippen MR) is 69.9 cm³/mol. The molecule has 18 heavy (non-hydrogen) atoms. The highest BCUT2D eigenvalue weighted by atomic mass is 32.2. The van der Waals surface area contributed by atoms with E-state index in [-0.39, 0.29) is 4.75 Å². The molecule has 2 unspecified atom stereocenters. The van der Waals surface area contributed by atoms with Crippen molar-refractivity contribution in [2.24, 2.45) is 17.3 Å². The Hall–Kier alpha value is -0.840. The highest BCUT2D eigenvalue weighted by molar-refractivity contribution is 8.15. The Morgan fingerprint density at radius 1 is 1.33 bits per heavy atom. The predicted octanol–water partition coefficient (Wildman–Crippen LogP) is 3.25. The maximum atomic E-state index is 13.7. The Labute approximate surface area is 111 Å². The first-order valence-corrected chi connectivity index (χ1v) is 6.62. The molecule has 1 fully saturated rings. The summed E-state index contributed by atoms with van der Waals surface area (Å²) in [5, 5.41) is 8.33. The first-order valence-electron chi connectivity index (χ1n) is 5.80. The molecular weight excluding hydrogens is 255 g/mol. The summed E-state index contributed by atoms with van der Waals surface area (Å²) in [4.78, 5) is 22.5. The van der Waals surface area contributed by atoms with Crippen LogP contribution in [-0.2, 0) is 9.59 Å². The number of carbonyl (C=O) groups is 2. The highest BCUT2D eigenvalue weighted by Gasteiger charge is 2.61. The van der Waals surface area contributed by atoms with Crippen LogP contribution in [0.2, 0.25) is 0 Å². The Morgan fingerprint density at radius 3 is 2.17 bits per heavy atom. The minimum Gasteiger partial charge on any atom is -0.481 e. The zero-order valence-corrected chi connectivity index (χ0v) is 12.1. The highest BCUT2D eigenvalue weighted by Crippen LogP contribution is 2.59. The smallest absolute Gasteiger partial charge is 0.307 e. The van der Waals surface area contributed by atoms with Crippen LogP contribution in [0.5, 0.6) is 0 Å². The lowest BCUT2D eigenvalue weighted by molar-refractivity contribution is -0.139. The largest absolute Gasteiger partial charge is 0.481 e. The van der Waals surface area contributed by atoms with Crippen molar-refractivity contribution in [1.29, 1.82) is 0 Å². The number of hydrogen-bond acceptors (Lipinski definition) is 3. The van der Waals surface area contributed by atoms with Gasteiger partial charge in [0.1, 0.15) is 0 Å². The molecule has 0 aromatic heterocycles. The first kappa shape index (κ1) is 15.2. The number of allylic oxidation sites excluding steroid dienone is 1. The number of thioether (sulfide) groups is 1. The van der Waals surface area contributed by atoms with Gasteiger partial charge in [-0.15, -0.1) is 0 Å². The molecule has 1 rings (SSSR count). The van der Waals surface area contributed by atoms with Crippen molar-refractivity contribution in [2.45, 2.75) is 39.4 Å². The molecular formula is C13H19FO3S. The minimum absolute atomic E-state index is 0.354. The normalized spacial score (nSPS) is 26.9. The van der Waals surface area contributed by atoms with Crippen LogP contribution in [0.1, 0.15) is 34.6 Å². The van der Waals surface area contributed by atoms with Gasteiger partial charge >= 0.3 is 5.97 Å². The standard InChI is InChI=1S/C13H19FO3S/c1-12(2,3)18-11(17)8(14)6-7-9(10(15)16)13(7,4)5/h6-7,9H,1-5H3,(H,15,16). The second-order valence-corrected chi connectivity index (χ2v) is 7.98. The maximum Gasteiger partial charge on any atom is 0.307 e. The third kappa shape index (κ3) is 3.34. The maximum absolute atomic E-state index is 13.7. The van der Waals surface area contributed by atoms with Gasteiger partial charge in [0.05, 0.1) is 5.92 Å². The number of carboxylic acids is 1. The van der Waals surface area contributed by atoms with E-state index < -0.39 is 34.2 Å². The quantitative estimate of drug-likeness (QED) is 0.803. The third-order valence-corrected chi connectivity index (χ3v) is 4.09. The van der Waals surface area contributed by atoms with E-state index in [0.717, 1.165) is 11.8 Å². The van der Waals surface area contributed by atoms with Crippen molar-refractivity contribution in [3.8, 4) is 0 Å². The van der Waals surface area contributed by atoms with Gasteiger partial charge in [0, 0.05) is 4.75 Å². The number of carbonyl (C=O) groups excluding carboxylic acids is 1. The van der Waals surface area contributed by atoms with Gasteiger partial charge in [0.15, 0.2) is 5.83 Å². The van der Waals surface area contributed by atoms with E-state index in [0.29, 0.717) is 0 Å². The van der Waals surface area contributed by atoms with Crippen LogP contribution in [0.15, 0.2) is 11.9 Å². The Balaban J connectivity index is 2.74. The molecule has 0 aromatic rings. The summed E-state index contributed by atoms with van der Waals surface area (Å²) in [5.74, 6) is -2.78. The van der Waals surface area contributed by atoms with Crippen LogP contribution >= 0.6 is 11.8 Å². The SMILES string of the molecule is CC(C)(C)SC(=O)C(F)=CC1C(C(=O)O)C1(C)C. The van der Waals surface area contributed by atoms with Gasteiger partial charge in [-0.2, -0.15) is 0 Å². The van der Waals surface area contributed by atoms with Crippen molar-refractivity contribution in [3.05, 3.63) is 11.9 Å². The van der Waals surface area contributed by atoms with Crippen molar-refractivity contribution in [3.63, 3.8) is 0 Å². The van der Waals surface area contributed by atoms with Crippen molar-refractivity contribution >= 4 is 22.8 Å². The summed E-state index contributed by atoms with van der Waals surface area (Å²) in [7, 11) is 0. The van der Waals surface area contributed by atoms with Crippen molar-refractivity contribution < 1.29 is 19.1 Å². The Kier molecular flexibility index (Phi) is 3.96. The fourth-order valence-corrected chi connectivity index (χ4v) is 2.73. The van der Waals surface area contributed by atoms with E-state index in [1.807, 2.05) is 20.8 Å². The van der Waals surface area contributed by atoms with Crippen LogP contribution in [0.4, 0.5) is 4.39 Å². The van der Waals surface area contributed by atoms with Crippen molar-refractivity contribution in [2.75, 3.05) is 0 Å². The molecule has 0 radical (unpaired) electrons. The number of carboxylic acid groups (broad SMARTS) is 1. The summed E-state index contributed by atoms with van der Waals surface area (Å²) in [5.41, 5.74) is -0.476. The first-order chi connectivity index (χ1) is 7.97. The molecule has 0 amide bonds. The molecule has 0 saturated heterocycles. The van der Waals surface area contributed by atoms with Crippen LogP contribution in [-0.4, -0.2) is 20.9 Å². The molecule has 1 aliphatic rings. The van der Waals surface area contributed by atoms with E-state index in [2.05, 4.69) is 0 Å². The van der Waals surface area contributed by atoms with Gasteiger partial charge in [-0.1, -0.05) is 46.4 Å². The van der Waals surface area contributed by atoms with Gasteiger partial charge in [0.2, 0.25) is 5.12 Å². The molecule has 1 aliphatic carbocycles. The summed E-state index contributed by atoms with van der Waals surface area (Å²) in [6.45, 7) is 9.00. The molecule has 5 heteroatoms. The number of hydrogen-bond donors (Lipinski definition) is 1. The number of halogens is 1.